The normalized spacial score (nSPS) is 3.88. The molecule has 1 N–H and O–H groups in total. The fourth-order valence-electron chi connectivity index (χ4n) is 0.205. The van der Waals surface area contributed by atoms with Gasteiger partial charge in [-0.25, -0.2) is 4.79 Å². The van der Waals surface area contributed by atoms with Crippen molar-refractivity contribution >= 4 is 5.97 Å². The summed E-state index contributed by atoms with van der Waals surface area (Å²) in [7, 11) is 0. The van der Waals surface area contributed by atoms with E-state index in [9.17, 15) is 4.79 Å². The van der Waals surface area contributed by atoms with Gasteiger partial charge in [-0.05, 0) is 0 Å². The van der Waals surface area contributed by atoms with Crippen molar-refractivity contribution in [3.05, 3.63) is 131 Å². The van der Waals surface area contributed by atoms with E-state index in [1.54, 1.807) is 0 Å². The molecule has 0 spiro atoms. The lowest BCUT2D eigenvalue weighted by Gasteiger charge is -1.94. The van der Waals surface area contributed by atoms with Crippen LogP contribution in [0.15, 0.2) is 131 Å². The van der Waals surface area contributed by atoms with Gasteiger partial charge in [0.25, 0.3) is 0 Å². The molecule has 0 amide bonds. The lowest BCUT2D eigenvalue weighted by Crippen LogP contribution is -2.04. The smallest absolute Gasteiger partial charge is 0.330 e. The summed E-state index contributed by atoms with van der Waals surface area (Å²) in [6, 6.07) is 0. The van der Waals surface area contributed by atoms with E-state index in [2.05, 4.69) is 130 Å². The van der Waals surface area contributed by atoms with Crippen molar-refractivity contribution in [2.75, 3.05) is 13.2 Å². The molecule has 3 nitrogen and oxygen atoms in total. The maximum Gasteiger partial charge on any atom is 0.330 e. The number of hydrogen-bond acceptors (Lipinski definition) is 3. The lowest BCUT2D eigenvalue weighted by molar-refractivity contribution is -0.138. The van der Waals surface area contributed by atoms with Crippen molar-refractivity contribution in [3.8, 4) is 0 Å². The second-order valence-electron chi connectivity index (χ2n) is 1.10. The number of aliphatic hydroxyl groups is 1. The second kappa shape index (κ2) is 646. The van der Waals surface area contributed by atoms with E-state index in [-0.39, 0.29) is 13.2 Å². The first kappa shape index (κ1) is 66.1. The molecule has 0 fully saturated rings. The molecule has 0 aliphatic carbocycles. The van der Waals surface area contributed by atoms with E-state index in [0.29, 0.717) is 0 Å². The Labute approximate surface area is 165 Å². The third-order valence-electron chi connectivity index (χ3n) is 0.502. The Bertz CT molecular complexity index is 163. The molecule has 0 saturated heterocycles. The average molecular weight is 369 g/mol. The Morgan fingerprint density at radius 2 is 0.808 bits per heavy atom. The Morgan fingerprint density at radius 3 is 0.923 bits per heavy atom. The molecular weight excluding hydrogens is 324 g/mol. The Kier molecular flexibility index (Phi) is 1640. The molecule has 0 aromatic heterocycles. The van der Waals surface area contributed by atoms with Gasteiger partial charge in [0.15, 0.2) is 0 Å². The molecule has 0 rings (SSSR count). The van der Waals surface area contributed by atoms with Crippen LogP contribution in [0, 0.1) is 0 Å². The van der Waals surface area contributed by atoms with Gasteiger partial charge in [-0.15, -0.1) is 118 Å². The predicted molar refractivity (Wildman–Crippen MR) is 130 cm³/mol. The van der Waals surface area contributed by atoms with Crippen molar-refractivity contribution in [2.45, 2.75) is 0 Å². The molecule has 0 aromatic rings. The van der Waals surface area contributed by atoms with Crippen LogP contribution in [0.4, 0.5) is 0 Å². The first-order chi connectivity index (χ1) is 12.8. The van der Waals surface area contributed by atoms with E-state index in [0.717, 1.165) is 6.08 Å². The van der Waals surface area contributed by atoms with Crippen molar-refractivity contribution in [3.63, 3.8) is 0 Å². The SMILES string of the molecule is C=C.C=C.C=C.C=C.C=C.C=C.C=C.C=C.C=C.C=CC(=O)OCCO. The first-order valence-electron chi connectivity index (χ1n) is 6.71. The summed E-state index contributed by atoms with van der Waals surface area (Å²) in [5.41, 5.74) is 0. The minimum Gasteiger partial charge on any atom is -0.460 e. The van der Waals surface area contributed by atoms with Gasteiger partial charge in [0.05, 0.1) is 6.61 Å². The van der Waals surface area contributed by atoms with Crippen LogP contribution in [0.2, 0.25) is 0 Å². The molecule has 0 unspecified atom stereocenters. The number of aliphatic hydroxyl groups excluding tert-OH is 1. The zero-order valence-corrected chi connectivity index (χ0v) is 17.2. The zero-order chi connectivity index (χ0) is 24.4. The molecule has 0 radical (unpaired) electrons. The van der Waals surface area contributed by atoms with E-state index in [4.69, 9.17) is 5.11 Å². The van der Waals surface area contributed by atoms with Crippen LogP contribution >= 0.6 is 0 Å². The van der Waals surface area contributed by atoms with Gasteiger partial charge in [-0.2, -0.15) is 0 Å². The Morgan fingerprint density at radius 1 is 0.615 bits per heavy atom. The van der Waals surface area contributed by atoms with Crippen LogP contribution in [-0.4, -0.2) is 24.3 Å². The zero-order valence-electron chi connectivity index (χ0n) is 17.2. The van der Waals surface area contributed by atoms with Crippen LogP contribution in [0.1, 0.15) is 0 Å². The molecule has 0 aromatic carbocycles. The fraction of sp³-hybridized carbons (Fsp3) is 0.0870. The second-order valence-corrected chi connectivity index (χ2v) is 1.10. The first-order valence-corrected chi connectivity index (χ1v) is 6.71. The highest BCUT2D eigenvalue weighted by molar-refractivity contribution is 5.81. The Balaban J connectivity index is -0.0000000153. The third kappa shape index (κ3) is 1020. The molecule has 26 heavy (non-hydrogen) atoms. The van der Waals surface area contributed by atoms with E-state index >= 15 is 0 Å². The van der Waals surface area contributed by atoms with Crippen LogP contribution in [0.5, 0.6) is 0 Å². The molecule has 0 atom stereocenters. The summed E-state index contributed by atoms with van der Waals surface area (Å²) >= 11 is 0. The van der Waals surface area contributed by atoms with Crippen LogP contribution in [0.25, 0.3) is 0 Å². The number of ether oxygens (including phenoxy) is 1. The fourth-order valence-corrected chi connectivity index (χ4v) is 0.205. The summed E-state index contributed by atoms with van der Waals surface area (Å²) in [6.45, 7) is 57.1. The van der Waals surface area contributed by atoms with Crippen molar-refractivity contribution in [1.82, 2.24) is 0 Å². The van der Waals surface area contributed by atoms with Gasteiger partial charge in [0.2, 0.25) is 0 Å². The number of carbonyl (C=O) groups excluding carboxylic acids is 1. The molecule has 0 saturated carbocycles. The summed E-state index contributed by atoms with van der Waals surface area (Å²) in [5, 5.41) is 8.10. The minimum absolute atomic E-state index is 0.0465. The minimum atomic E-state index is -0.501. The van der Waals surface area contributed by atoms with Crippen molar-refractivity contribution in [2.24, 2.45) is 0 Å². The van der Waals surface area contributed by atoms with Gasteiger partial charge < -0.3 is 9.84 Å². The highest BCUT2D eigenvalue weighted by Gasteiger charge is 1.90. The van der Waals surface area contributed by atoms with Gasteiger partial charge in [0.1, 0.15) is 6.61 Å². The van der Waals surface area contributed by atoms with E-state index in [1.165, 1.54) is 0 Å². The van der Waals surface area contributed by atoms with Gasteiger partial charge in [0, 0.05) is 6.08 Å². The van der Waals surface area contributed by atoms with Gasteiger partial charge >= 0.3 is 5.97 Å². The molecule has 0 bridgehead atoms. The maximum absolute atomic E-state index is 10.1. The maximum atomic E-state index is 10.1. The number of esters is 1. The third-order valence-corrected chi connectivity index (χ3v) is 0.502. The summed E-state index contributed by atoms with van der Waals surface area (Å²) < 4.78 is 4.33. The molecule has 154 valence electrons. The molecule has 0 aliphatic heterocycles. The largest absolute Gasteiger partial charge is 0.460 e. The highest BCUT2D eigenvalue weighted by atomic mass is 16.5. The highest BCUT2D eigenvalue weighted by Crippen LogP contribution is 1.75. The standard InChI is InChI=1S/C5H8O3.9C2H4/c1-2-5(7)8-4-3-6;9*1-2/h2,6H,1,3-4H2;9*1-2H2. The lowest BCUT2D eigenvalue weighted by atomic mass is 10.6. The molecule has 0 aliphatic rings. The number of carbonyl (C=O) groups is 1. The van der Waals surface area contributed by atoms with Crippen molar-refractivity contribution in [1.29, 1.82) is 0 Å². The molecule has 0 heterocycles. The molecular formula is C23H44O3. The summed E-state index contributed by atoms with van der Waals surface area (Å²) in [4.78, 5) is 10.1. The topological polar surface area (TPSA) is 46.5 Å². The van der Waals surface area contributed by atoms with Gasteiger partial charge in [-0.3, -0.25) is 0 Å². The molecule has 3 heteroatoms. The van der Waals surface area contributed by atoms with Crippen LogP contribution in [0.3, 0.4) is 0 Å². The van der Waals surface area contributed by atoms with E-state index in [1.807, 2.05) is 0 Å². The van der Waals surface area contributed by atoms with E-state index < -0.39 is 5.97 Å². The summed E-state index contributed by atoms with van der Waals surface area (Å²) in [6.07, 6.45) is 1.05. The number of rotatable bonds is 3. The summed E-state index contributed by atoms with van der Waals surface area (Å²) in [5.74, 6) is -0.501. The predicted octanol–water partition coefficient (Wildman–Crippen LogP) is 6.93. The van der Waals surface area contributed by atoms with Gasteiger partial charge in [-0.1, -0.05) is 6.58 Å². The quantitative estimate of drug-likeness (QED) is 0.334. The van der Waals surface area contributed by atoms with Crippen molar-refractivity contribution < 1.29 is 14.6 Å². The van der Waals surface area contributed by atoms with Crippen LogP contribution in [-0.2, 0) is 9.53 Å². The average Bonchev–Trinajstić information content (AvgIpc) is 2.84. The van der Waals surface area contributed by atoms with Crippen LogP contribution < -0.4 is 0 Å². The Hall–Kier alpha value is -3.17. The number of hydrogen-bond donors (Lipinski definition) is 1. The monoisotopic (exact) mass is 368 g/mol.